The summed E-state index contributed by atoms with van der Waals surface area (Å²) in [5, 5.41) is 15.2. The molecule has 0 saturated heterocycles. The first-order valence-corrected chi connectivity index (χ1v) is 9.61. The quantitative estimate of drug-likeness (QED) is 0.417. The number of hydrogen-bond donors (Lipinski definition) is 2. The summed E-state index contributed by atoms with van der Waals surface area (Å²) in [6.45, 7) is 0. The zero-order chi connectivity index (χ0) is 22.2. The van der Waals surface area contributed by atoms with Gasteiger partial charge < -0.3 is 15.4 Å². The van der Waals surface area contributed by atoms with E-state index in [1.165, 1.54) is 13.2 Å². The lowest BCUT2D eigenvalue weighted by Crippen LogP contribution is -2.14. The number of nitriles is 1. The van der Waals surface area contributed by atoms with Gasteiger partial charge in [-0.25, -0.2) is 0 Å². The van der Waals surface area contributed by atoms with Gasteiger partial charge in [-0.1, -0.05) is 48.0 Å². The molecule has 0 heterocycles. The molecule has 3 aromatic rings. The fourth-order valence-electron chi connectivity index (χ4n) is 2.80. The maximum atomic E-state index is 12.6. The van der Waals surface area contributed by atoms with Crippen LogP contribution in [0.1, 0.15) is 15.9 Å². The largest absolute Gasteiger partial charge is 0.495 e. The van der Waals surface area contributed by atoms with Crippen LogP contribution in [0.25, 0.3) is 6.08 Å². The Kier molecular flexibility index (Phi) is 7.05. The van der Waals surface area contributed by atoms with Crippen LogP contribution in [0.2, 0.25) is 5.02 Å². The van der Waals surface area contributed by atoms with Crippen LogP contribution in [0.3, 0.4) is 0 Å². The first kappa shape index (κ1) is 21.6. The standard InChI is InChI=1S/C24H18ClN3O3/c1-31-22-12-5-4-11-21(22)28-23(29)17(15-26)13-16-7-6-8-18(14-16)27-24(30)19-9-2-3-10-20(19)25/h2-14H,1H3,(H,27,30)(H,28,29)/b17-13+. The smallest absolute Gasteiger partial charge is 0.266 e. The molecule has 0 saturated carbocycles. The van der Waals surface area contributed by atoms with Gasteiger partial charge in [0, 0.05) is 5.69 Å². The third kappa shape index (κ3) is 5.50. The van der Waals surface area contributed by atoms with E-state index in [4.69, 9.17) is 16.3 Å². The van der Waals surface area contributed by atoms with Gasteiger partial charge in [0.15, 0.2) is 0 Å². The first-order valence-electron chi connectivity index (χ1n) is 9.24. The summed E-state index contributed by atoms with van der Waals surface area (Å²) >= 11 is 6.07. The highest BCUT2D eigenvalue weighted by molar-refractivity contribution is 6.34. The number of nitrogens with one attached hydrogen (secondary N) is 2. The number of halogens is 1. The normalized spacial score (nSPS) is 10.7. The Labute approximate surface area is 184 Å². The number of benzene rings is 3. The number of nitrogens with zero attached hydrogens (tertiary/aromatic N) is 1. The SMILES string of the molecule is COc1ccccc1NC(=O)/C(C#N)=C/c1cccc(NC(=O)c2ccccc2Cl)c1. The van der Waals surface area contributed by atoms with E-state index in [1.807, 2.05) is 6.07 Å². The number of amides is 2. The number of hydrogen-bond acceptors (Lipinski definition) is 4. The number of carbonyl (C=O) groups excluding carboxylic acids is 2. The van der Waals surface area contributed by atoms with E-state index in [-0.39, 0.29) is 11.5 Å². The zero-order valence-electron chi connectivity index (χ0n) is 16.6. The van der Waals surface area contributed by atoms with Crippen LogP contribution in [-0.2, 0) is 4.79 Å². The minimum Gasteiger partial charge on any atom is -0.495 e. The van der Waals surface area contributed by atoms with Gasteiger partial charge in [-0.05, 0) is 48.0 Å². The molecule has 3 aromatic carbocycles. The van der Waals surface area contributed by atoms with Crippen LogP contribution in [-0.4, -0.2) is 18.9 Å². The van der Waals surface area contributed by atoms with Crippen molar-refractivity contribution in [3.05, 3.63) is 94.5 Å². The Morgan fingerprint density at radius 2 is 1.74 bits per heavy atom. The average molecular weight is 432 g/mol. The van der Waals surface area contributed by atoms with Crippen molar-refractivity contribution in [2.45, 2.75) is 0 Å². The second-order valence-electron chi connectivity index (χ2n) is 6.38. The van der Waals surface area contributed by atoms with Gasteiger partial charge in [-0.2, -0.15) is 5.26 Å². The van der Waals surface area contributed by atoms with Crippen molar-refractivity contribution in [3.63, 3.8) is 0 Å². The van der Waals surface area contributed by atoms with E-state index in [2.05, 4.69) is 10.6 Å². The van der Waals surface area contributed by atoms with Crippen LogP contribution < -0.4 is 15.4 Å². The third-order valence-corrected chi connectivity index (χ3v) is 4.62. The number of ether oxygens (including phenoxy) is 1. The molecule has 2 N–H and O–H groups in total. The lowest BCUT2D eigenvalue weighted by molar-refractivity contribution is -0.112. The van der Waals surface area contributed by atoms with Gasteiger partial charge in [0.25, 0.3) is 11.8 Å². The highest BCUT2D eigenvalue weighted by Gasteiger charge is 2.13. The predicted octanol–water partition coefficient (Wildman–Crippen LogP) is 5.15. The van der Waals surface area contributed by atoms with E-state index >= 15 is 0 Å². The van der Waals surface area contributed by atoms with Crippen molar-refractivity contribution in [1.29, 1.82) is 5.26 Å². The summed E-state index contributed by atoms with van der Waals surface area (Å²) in [6.07, 6.45) is 1.44. The minimum absolute atomic E-state index is 0.0968. The van der Waals surface area contributed by atoms with Crippen molar-refractivity contribution >= 4 is 40.9 Å². The van der Waals surface area contributed by atoms with E-state index < -0.39 is 5.91 Å². The molecule has 3 rings (SSSR count). The zero-order valence-corrected chi connectivity index (χ0v) is 17.3. The van der Waals surface area contributed by atoms with Crippen LogP contribution in [0.4, 0.5) is 11.4 Å². The summed E-state index contributed by atoms with van der Waals surface area (Å²) in [4.78, 5) is 25.0. The van der Waals surface area contributed by atoms with E-state index in [9.17, 15) is 14.9 Å². The summed E-state index contributed by atoms with van der Waals surface area (Å²) in [5.41, 5.74) is 1.78. The van der Waals surface area contributed by atoms with Crippen molar-refractivity contribution in [3.8, 4) is 11.8 Å². The molecular weight excluding hydrogens is 414 g/mol. The average Bonchev–Trinajstić information content (AvgIpc) is 2.78. The van der Waals surface area contributed by atoms with Crippen LogP contribution in [0, 0.1) is 11.3 Å². The number of para-hydroxylation sites is 2. The highest BCUT2D eigenvalue weighted by atomic mass is 35.5. The van der Waals surface area contributed by atoms with Crippen LogP contribution in [0.15, 0.2) is 78.4 Å². The lowest BCUT2D eigenvalue weighted by Gasteiger charge is -2.09. The van der Waals surface area contributed by atoms with Crippen LogP contribution in [0.5, 0.6) is 5.75 Å². The second kappa shape index (κ2) is 10.1. The summed E-state index contributed by atoms with van der Waals surface area (Å²) in [7, 11) is 1.49. The molecule has 6 nitrogen and oxygen atoms in total. The summed E-state index contributed by atoms with van der Waals surface area (Å²) < 4.78 is 5.21. The van der Waals surface area contributed by atoms with Crippen molar-refractivity contribution in [2.75, 3.05) is 17.7 Å². The number of methoxy groups -OCH3 is 1. The van der Waals surface area contributed by atoms with E-state index in [0.717, 1.165) is 0 Å². The topological polar surface area (TPSA) is 91.2 Å². The molecule has 0 aromatic heterocycles. The minimum atomic E-state index is -0.572. The maximum absolute atomic E-state index is 12.6. The molecule has 31 heavy (non-hydrogen) atoms. The molecule has 7 heteroatoms. The molecule has 0 unspecified atom stereocenters. The molecular formula is C24H18ClN3O3. The molecule has 0 spiro atoms. The Morgan fingerprint density at radius 1 is 1.00 bits per heavy atom. The molecule has 0 radical (unpaired) electrons. The van der Waals surface area contributed by atoms with Gasteiger partial charge in [0.1, 0.15) is 17.4 Å². The van der Waals surface area contributed by atoms with Gasteiger partial charge in [-0.3, -0.25) is 9.59 Å². The van der Waals surface area contributed by atoms with Crippen molar-refractivity contribution in [1.82, 2.24) is 0 Å². The Morgan fingerprint density at radius 3 is 2.48 bits per heavy atom. The number of rotatable bonds is 6. The monoisotopic (exact) mass is 431 g/mol. The number of carbonyl (C=O) groups is 2. The highest BCUT2D eigenvalue weighted by Crippen LogP contribution is 2.24. The molecule has 0 aliphatic carbocycles. The van der Waals surface area contributed by atoms with Crippen LogP contribution >= 0.6 is 11.6 Å². The van der Waals surface area contributed by atoms with E-state index in [0.29, 0.717) is 33.3 Å². The molecule has 0 aliphatic heterocycles. The molecule has 0 bridgehead atoms. The molecule has 0 atom stereocenters. The fraction of sp³-hybridized carbons (Fsp3) is 0.0417. The van der Waals surface area contributed by atoms with Crippen molar-refractivity contribution in [2.24, 2.45) is 0 Å². The second-order valence-corrected chi connectivity index (χ2v) is 6.79. The Bertz CT molecular complexity index is 1200. The molecule has 0 aliphatic rings. The Balaban J connectivity index is 1.79. The van der Waals surface area contributed by atoms with Gasteiger partial charge in [0.05, 0.1) is 23.4 Å². The third-order valence-electron chi connectivity index (χ3n) is 4.29. The fourth-order valence-corrected chi connectivity index (χ4v) is 3.02. The molecule has 2 amide bonds. The van der Waals surface area contributed by atoms with Gasteiger partial charge in [-0.15, -0.1) is 0 Å². The molecule has 0 fully saturated rings. The summed E-state index contributed by atoms with van der Waals surface area (Å²) in [6, 6.07) is 22.3. The molecule has 154 valence electrons. The maximum Gasteiger partial charge on any atom is 0.266 e. The summed E-state index contributed by atoms with van der Waals surface area (Å²) in [5.74, 6) is -0.448. The van der Waals surface area contributed by atoms with Gasteiger partial charge in [0.2, 0.25) is 0 Å². The Hall–Kier alpha value is -4.08. The van der Waals surface area contributed by atoms with Crippen molar-refractivity contribution < 1.29 is 14.3 Å². The predicted molar refractivity (Wildman–Crippen MR) is 121 cm³/mol. The lowest BCUT2D eigenvalue weighted by atomic mass is 10.1. The van der Waals surface area contributed by atoms with Gasteiger partial charge >= 0.3 is 0 Å². The number of anilines is 2. The first-order chi connectivity index (χ1) is 15.0. The van der Waals surface area contributed by atoms with E-state index in [1.54, 1.807) is 72.8 Å².